The summed E-state index contributed by atoms with van der Waals surface area (Å²) in [7, 11) is 1.52. The van der Waals surface area contributed by atoms with Gasteiger partial charge in [0.2, 0.25) is 11.8 Å². The van der Waals surface area contributed by atoms with Crippen molar-refractivity contribution in [3.63, 3.8) is 0 Å². The zero-order valence-corrected chi connectivity index (χ0v) is 18.2. The Labute approximate surface area is 179 Å². The zero-order chi connectivity index (χ0) is 21.6. The minimum Gasteiger partial charge on any atom is -0.375 e. The summed E-state index contributed by atoms with van der Waals surface area (Å²) in [6.07, 6.45) is 2.17. The van der Waals surface area contributed by atoms with Gasteiger partial charge in [-0.2, -0.15) is 0 Å². The van der Waals surface area contributed by atoms with Gasteiger partial charge in [-0.15, -0.1) is 0 Å². The number of carbonyl (C=O) groups excluding carboxylic acids is 2. The van der Waals surface area contributed by atoms with Gasteiger partial charge in [0.25, 0.3) is 0 Å². The molecule has 1 aliphatic rings. The lowest BCUT2D eigenvalue weighted by Gasteiger charge is -2.42. The van der Waals surface area contributed by atoms with Gasteiger partial charge in [0.15, 0.2) is 0 Å². The Bertz CT molecular complexity index is 866. The number of methoxy groups -OCH3 is 1. The van der Waals surface area contributed by atoms with Crippen LogP contribution in [0.1, 0.15) is 32.3 Å². The number of benzene rings is 2. The van der Waals surface area contributed by atoms with Gasteiger partial charge >= 0.3 is 0 Å². The van der Waals surface area contributed by atoms with Crippen molar-refractivity contribution in [3.8, 4) is 11.1 Å². The lowest BCUT2D eigenvalue weighted by Crippen LogP contribution is -2.56. The average molecular weight is 409 g/mol. The monoisotopic (exact) mass is 408 g/mol. The maximum Gasteiger partial charge on any atom is 0.248 e. The first-order chi connectivity index (χ1) is 14.4. The fourth-order valence-corrected chi connectivity index (χ4v) is 4.27. The summed E-state index contributed by atoms with van der Waals surface area (Å²) in [4.78, 5) is 27.6. The Balaban J connectivity index is 1.90. The molecule has 1 aliphatic heterocycles. The molecule has 0 bridgehead atoms. The maximum absolute atomic E-state index is 13.3. The fourth-order valence-electron chi connectivity index (χ4n) is 4.27. The predicted molar refractivity (Wildman–Crippen MR) is 119 cm³/mol. The number of hydrogen-bond donors (Lipinski definition) is 1. The van der Waals surface area contributed by atoms with Crippen molar-refractivity contribution in [2.24, 2.45) is 5.41 Å². The van der Waals surface area contributed by atoms with E-state index >= 15 is 0 Å². The molecule has 0 aromatic heterocycles. The lowest BCUT2D eigenvalue weighted by molar-refractivity contribution is -0.144. The van der Waals surface area contributed by atoms with Crippen molar-refractivity contribution in [3.05, 3.63) is 60.2 Å². The number of carbonyl (C=O) groups is 2. The van der Waals surface area contributed by atoms with E-state index in [0.29, 0.717) is 19.5 Å². The highest BCUT2D eigenvalue weighted by Gasteiger charge is 2.43. The van der Waals surface area contributed by atoms with E-state index in [1.165, 1.54) is 7.11 Å². The standard InChI is InChI=1S/C25H32N2O3/c1-19(2)26-24(29)25(13-8-14-27(18-25)23(28)17-30-3)16-20-9-7-12-22(15-20)21-10-5-4-6-11-21/h4-7,9-12,15,19H,8,13-14,16-18H2,1-3H3,(H,26,29). The van der Waals surface area contributed by atoms with Crippen molar-refractivity contribution in [1.29, 1.82) is 0 Å². The van der Waals surface area contributed by atoms with E-state index in [0.717, 1.165) is 29.5 Å². The number of nitrogens with one attached hydrogen (secondary N) is 1. The summed E-state index contributed by atoms with van der Waals surface area (Å²) in [6.45, 7) is 5.08. The van der Waals surface area contributed by atoms with E-state index in [1.807, 2.05) is 38.1 Å². The van der Waals surface area contributed by atoms with Crippen LogP contribution in [0.15, 0.2) is 54.6 Å². The van der Waals surface area contributed by atoms with Gasteiger partial charge in [-0.1, -0.05) is 54.6 Å². The molecule has 0 radical (unpaired) electrons. The third-order valence-electron chi connectivity index (χ3n) is 5.68. The smallest absolute Gasteiger partial charge is 0.248 e. The van der Waals surface area contributed by atoms with E-state index in [9.17, 15) is 9.59 Å². The second-order valence-corrected chi connectivity index (χ2v) is 8.50. The number of ether oxygens (including phenoxy) is 1. The van der Waals surface area contributed by atoms with E-state index in [4.69, 9.17) is 4.74 Å². The summed E-state index contributed by atoms with van der Waals surface area (Å²) >= 11 is 0. The van der Waals surface area contributed by atoms with Gasteiger partial charge in [-0.3, -0.25) is 9.59 Å². The number of nitrogens with zero attached hydrogens (tertiary/aromatic N) is 1. The topological polar surface area (TPSA) is 58.6 Å². The molecular formula is C25H32N2O3. The van der Waals surface area contributed by atoms with Crippen LogP contribution in [-0.2, 0) is 20.7 Å². The van der Waals surface area contributed by atoms with E-state index < -0.39 is 5.41 Å². The van der Waals surface area contributed by atoms with Crippen LogP contribution in [0.3, 0.4) is 0 Å². The zero-order valence-electron chi connectivity index (χ0n) is 18.2. The summed E-state index contributed by atoms with van der Waals surface area (Å²) < 4.78 is 5.04. The fraction of sp³-hybridized carbons (Fsp3) is 0.440. The number of rotatable bonds is 7. The lowest BCUT2D eigenvalue weighted by atomic mass is 9.73. The van der Waals surface area contributed by atoms with Gasteiger partial charge in [-0.25, -0.2) is 0 Å². The van der Waals surface area contributed by atoms with Gasteiger partial charge in [-0.05, 0) is 49.8 Å². The van der Waals surface area contributed by atoms with Crippen molar-refractivity contribution in [2.45, 2.75) is 39.2 Å². The van der Waals surface area contributed by atoms with Crippen LogP contribution < -0.4 is 5.32 Å². The number of likely N-dealkylation sites (tertiary alicyclic amines) is 1. The van der Waals surface area contributed by atoms with E-state index in [-0.39, 0.29) is 24.5 Å². The molecule has 2 amide bonds. The largest absolute Gasteiger partial charge is 0.375 e. The van der Waals surface area contributed by atoms with Crippen molar-refractivity contribution < 1.29 is 14.3 Å². The number of hydrogen-bond acceptors (Lipinski definition) is 3. The molecule has 1 N–H and O–H groups in total. The molecule has 1 unspecified atom stereocenters. The minimum absolute atomic E-state index is 0.0255. The van der Waals surface area contributed by atoms with E-state index in [1.54, 1.807) is 4.90 Å². The molecule has 2 aromatic rings. The first kappa shape index (κ1) is 22.0. The number of piperidine rings is 1. The van der Waals surface area contributed by atoms with Gasteiger partial charge in [0.1, 0.15) is 6.61 Å². The average Bonchev–Trinajstić information content (AvgIpc) is 2.74. The Kier molecular flexibility index (Phi) is 7.27. The van der Waals surface area contributed by atoms with E-state index in [2.05, 4.69) is 35.6 Å². The molecule has 5 nitrogen and oxygen atoms in total. The highest BCUT2D eigenvalue weighted by molar-refractivity contribution is 5.85. The van der Waals surface area contributed by atoms with Crippen molar-refractivity contribution in [2.75, 3.05) is 26.8 Å². The molecule has 160 valence electrons. The number of amides is 2. The first-order valence-corrected chi connectivity index (χ1v) is 10.7. The van der Waals surface area contributed by atoms with Gasteiger partial charge in [0.05, 0.1) is 5.41 Å². The maximum atomic E-state index is 13.3. The molecule has 3 rings (SSSR count). The summed E-state index contributed by atoms with van der Waals surface area (Å²) in [5.41, 5.74) is 2.76. The highest BCUT2D eigenvalue weighted by Crippen LogP contribution is 2.35. The Morgan fingerprint density at radius 3 is 2.53 bits per heavy atom. The third-order valence-corrected chi connectivity index (χ3v) is 5.68. The molecule has 1 atom stereocenters. The first-order valence-electron chi connectivity index (χ1n) is 10.7. The highest BCUT2D eigenvalue weighted by atomic mass is 16.5. The summed E-state index contributed by atoms with van der Waals surface area (Å²) in [6, 6.07) is 18.7. The molecule has 0 aliphatic carbocycles. The SMILES string of the molecule is COCC(=O)N1CCCC(Cc2cccc(-c3ccccc3)c2)(C(=O)NC(C)C)C1. The van der Waals surface area contributed by atoms with Crippen LogP contribution in [0.4, 0.5) is 0 Å². The Hall–Kier alpha value is -2.66. The van der Waals surface area contributed by atoms with Crippen LogP contribution in [0.25, 0.3) is 11.1 Å². The molecule has 5 heteroatoms. The van der Waals surface area contributed by atoms with Crippen molar-refractivity contribution >= 4 is 11.8 Å². The summed E-state index contributed by atoms with van der Waals surface area (Å²) in [5.74, 6) is -0.0329. The molecule has 1 fully saturated rings. The van der Waals surface area contributed by atoms with Gasteiger partial charge < -0.3 is 15.0 Å². The Morgan fingerprint density at radius 1 is 1.10 bits per heavy atom. The second-order valence-electron chi connectivity index (χ2n) is 8.50. The predicted octanol–water partition coefficient (Wildman–Crippen LogP) is 3.68. The van der Waals surface area contributed by atoms with Crippen molar-refractivity contribution in [1.82, 2.24) is 10.2 Å². The van der Waals surface area contributed by atoms with Crippen LogP contribution in [0, 0.1) is 5.41 Å². The molecule has 0 spiro atoms. The minimum atomic E-state index is -0.638. The molecule has 30 heavy (non-hydrogen) atoms. The normalized spacial score (nSPS) is 19.0. The quantitative estimate of drug-likeness (QED) is 0.760. The van der Waals surface area contributed by atoms with Crippen LogP contribution in [-0.4, -0.2) is 49.6 Å². The van der Waals surface area contributed by atoms with Crippen LogP contribution in [0.5, 0.6) is 0 Å². The van der Waals surface area contributed by atoms with Gasteiger partial charge in [0, 0.05) is 26.2 Å². The van der Waals surface area contributed by atoms with Crippen LogP contribution in [0.2, 0.25) is 0 Å². The third kappa shape index (κ3) is 5.28. The molecule has 1 heterocycles. The Morgan fingerprint density at radius 2 is 1.83 bits per heavy atom. The molecule has 2 aromatic carbocycles. The van der Waals surface area contributed by atoms with Crippen LogP contribution >= 0.6 is 0 Å². The molecular weight excluding hydrogens is 376 g/mol. The second kappa shape index (κ2) is 9.90. The molecule has 1 saturated heterocycles. The summed E-state index contributed by atoms with van der Waals surface area (Å²) in [5, 5.41) is 3.10. The molecule has 0 saturated carbocycles.